The molecule has 0 unspecified atom stereocenters. The van der Waals surface area contributed by atoms with E-state index in [1.54, 1.807) is 51.3 Å². The van der Waals surface area contributed by atoms with Crippen molar-refractivity contribution in [3.8, 4) is 23.0 Å². The second-order valence-corrected chi connectivity index (χ2v) is 9.03. The number of ether oxygens (including phenoxy) is 5. The van der Waals surface area contributed by atoms with Gasteiger partial charge in [-0.25, -0.2) is 9.79 Å². The SMILES string of the molecule is CCOC(=O)C1=C(C)N=c2s/c(=C/c3ccc4c(c3)OCO4)c(=O)n2[C@@H]1c1cc(OC)ccc1OC. The van der Waals surface area contributed by atoms with Crippen LogP contribution in [0.25, 0.3) is 6.08 Å². The van der Waals surface area contributed by atoms with Gasteiger partial charge in [0.2, 0.25) is 6.79 Å². The van der Waals surface area contributed by atoms with Crippen molar-refractivity contribution in [2.75, 3.05) is 27.6 Å². The predicted molar refractivity (Wildman–Crippen MR) is 133 cm³/mol. The first-order valence-corrected chi connectivity index (χ1v) is 12.1. The van der Waals surface area contributed by atoms with Crippen molar-refractivity contribution < 1.29 is 28.5 Å². The molecule has 0 saturated heterocycles. The first-order valence-electron chi connectivity index (χ1n) is 11.3. The fraction of sp³-hybridized carbons (Fsp3) is 0.269. The van der Waals surface area contributed by atoms with Gasteiger partial charge in [-0.1, -0.05) is 17.4 Å². The third kappa shape index (κ3) is 4.03. The van der Waals surface area contributed by atoms with Crippen LogP contribution in [-0.2, 0) is 9.53 Å². The molecule has 0 fully saturated rings. The van der Waals surface area contributed by atoms with Gasteiger partial charge in [0.1, 0.15) is 17.5 Å². The first kappa shape index (κ1) is 23.7. The molecule has 5 rings (SSSR count). The second-order valence-electron chi connectivity index (χ2n) is 8.02. The second kappa shape index (κ2) is 9.54. The number of allylic oxidation sites excluding steroid dienone is 1. The smallest absolute Gasteiger partial charge is 0.338 e. The van der Waals surface area contributed by atoms with Crippen LogP contribution in [0.5, 0.6) is 23.0 Å². The quantitative estimate of drug-likeness (QED) is 0.472. The van der Waals surface area contributed by atoms with E-state index in [1.165, 1.54) is 23.0 Å². The first-order chi connectivity index (χ1) is 17.4. The van der Waals surface area contributed by atoms with Crippen LogP contribution in [0.3, 0.4) is 0 Å². The van der Waals surface area contributed by atoms with E-state index in [0.717, 1.165) is 5.56 Å². The summed E-state index contributed by atoms with van der Waals surface area (Å²) in [5.74, 6) is 1.80. The number of aromatic nitrogens is 1. The third-order valence-electron chi connectivity index (χ3n) is 5.94. The number of thiazole rings is 1. The van der Waals surface area contributed by atoms with Gasteiger partial charge in [0.05, 0.1) is 36.6 Å². The number of nitrogens with zero attached hydrogens (tertiary/aromatic N) is 2. The summed E-state index contributed by atoms with van der Waals surface area (Å²) in [4.78, 5) is 32.0. The van der Waals surface area contributed by atoms with Gasteiger partial charge < -0.3 is 23.7 Å². The maximum atomic E-state index is 13.8. The molecule has 3 aromatic rings. The Bertz CT molecular complexity index is 1570. The number of fused-ring (bicyclic) bond motifs is 2. The summed E-state index contributed by atoms with van der Waals surface area (Å²) in [5.41, 5.74) is 1.82. The lowest BCUT2D eigenvalue weighted by molar-refractivity contribution is -0.139. The topological polar surface area (TPSA) is 97.6 Å². The number of carbonyl (C=O) groups is 1. The number of hydrogen-bond acceptors (Lipinski definition) is 9. The van der Waals surface area contributed by atoms with Crippen molar-refractivity contribution in [3.05, 3.63) is 78.5 Å². The molecule has 0 bridgehead atoms. The molecule has 9 nitrogen and oxygen atoms in total. The van der Waals surface area contributed by atoms with Gasteiger partial charge in [-0.2, -0.15) is 0 Å². The van der Waals surface area contributed by atoms with Gasteiger partial charge >= 0.3 is 5.97 Å². The molecule has 0 amide bonds. The molecule has 2 aliphatic rings. The van der Waals surface area contributed by atoms with Gasteiger partial charge in [0.25, 0.3) is 5.56 Å². The molecule has 3 heterocycles. The lowest BCUT2D eigenvalue weighted by Gasteiger charge is -2.26. The predicted octanol–water partition coefficient (Wildman–Crippen LogP) is 2.54. The number of hydrogen-bond donors (Lipinski definition) is 0. The van der Waals surface area contributed by atoms with Gasteiger partial charge in [0, 0.05) is 5.56 Å². The average Bonchev–Trinajstić information content (AvgIpc) is 3.46. The largest absolute Gasteiger partial charge is 0.497 e. The third-order valence-corrected chi connectivity index (χ3v) is 6.93. The van der Waals surface area contributed by atoms with E-state index in [0.29, 0.717) is 43.6 Å². The van der Waals surface area contributed by atoms with Crippen LogP contribution in [0.15, 0.2) is 57.5 Å². The zero-order valence-electron chi connectivity index (χ0n) is 20.2. The number of carbonyl (C=O) groups excluding carboxylic acids is 1. The minimum absolute atomic E-state index is 0.166. The van der Waals surface area contributed by atoms with E-state index < -0.39 is 12.0 Å². The summed E-state index contributed by atoms with van der Waals surface area (Å²) in [7, 11) is 3.09. The molecule has 2 aromatic carbocycles. The van der Waals surface area contributed by atoms with Crippen molar-refractivity contribution in [1.29, 1.82) is 0 Å². The van der Waals surface area contributed by atoms with Crippen molar-refractivity contribution >= 4 is 23.4 Å². The van der Waals surface area contributed by atoms with Crippen molar-refractivity contribution in [3.63, 3.8) is 0 Å². The van der Waals surface area contributed by atoms with Crippen molar-refractivity contribution in [2.45, 2.75) is 19.9 Å². The van der Waals surface area contributed by atoms with Crippen LogP contribution in [-0.4, -0.2) is 38.2 Å². The molecule has 10 heteroatoms. The highest BCUT2D eigenvalue weighted by Gasteiger charge is 2.35. The maximum absolute atomic E-state index is 13.8. The lowest BCUT2D eigenvalue weighted by Crippen LogP contribution is -2.40. The zero-order valence-corrected chi connectivity index (χ0v) is 21.0. The van der Waals surface area contributed by atoms with E-state index in [2.05, 4.69) is 4.99 Å². The summed E-state index contributed by atoms with van der Waals surface area (Å²) in [5, 5.41) is 0. The summed E-state index contributed by atoms with van der Waals surface area (Å²) >= 11 is 1.24. The Morgan fingerprint density at radius 1 is 1.17 bits per heavy atom. The van der Waals surface area contributed by atoms with E-state index in [9.17, 15) is 9.59 Å². The van der Waals surface area contributed by atoms with Crippen LogP contribution in [0, 0.1) is 0 Å². The van der Waals surface area contributed by atoms with Crippen LogP contribution in [0.2, 0.25) is 0 Å². The number of esters is 1. The molecule has 1 aromatic heterocycles. The highest BCUT2D eigenvalue weighted by Crippen LogP contribution is 2.38. The maximum Gasteiger partial charge on any atom is 0.338 e. The van der Waals surface area contributed by atoms with Gasteiger partial charge in [0.15, 0.2) is 16.3 Å². The molecule has 2 aliphatic heterocycles. The summed E-state index contributed by atoms with van der Waals surface area (Å²) in [6.07, 6.45) is 1.77. The van der Waals surface area contributed by atoms with E-state index in [-0.39, 0.29) is 24.5 Å². The minimum Gasteiger partial charge on any atom is -0.497 e. The Kier molecular flexibility index (Phi) is 6.27. The van der Waals surface area contributed by atoms with Crippen LogP contribution in [0.1, 0.15) is 31.0 Å². The Hall–Kier alpha value is -4.05. The Morgan fingerprint density at radius 3 is 2.72 bits per heavy atom. The molecule has 0 N–H and O–H groups in total. The molecule has 36 heavy (non-hydrogen) atoms. The molecule has 1 atom stereocenters. The normalized spacial score (nSPS) is 16.4. The summed E-state index contributed by atoms with van der Waals surface area (Å²) < 4.78 is 29.2. The highest BCUT2D eigenvalue weighted by molar-refractivity contribution is 7.07. The van der Waals surface area contributed by atoms with E-state index in [4.69, 9.17) is 23.7 Å². The Labute approximate surface area is 210 Å². The molecule has 0 aliphatic carbocycles. The molecule has 0 radical (unpaired) electrons. The summed E-state index contributed by atoms with van der Waals surface area (Å²) in [6, 6.07) is 9.92. The van der Waals surface area contributed by atoms with E-state index >= 15 is 0 Å². The minimum atomic E-state index is -0.816. The molecule has 0 saturated carbocycles. The zero-order chi connectivity index (χ0) is 25.4. The summed E-state index contributed by atoms with van der Waals surface area (Å²) in [6.45, 7) is 3.82. The Morgan fingerprint density at radius 2 is 1.97 bits per heavy atom. The van der Waals surface area contributed by atoms with Crippen molar-refractivity contribution in [2.24, 2.45) is 4.99 Å². The van der Waals surface area contributed by atoms with Gasteiger partial charge in [-0.15, -0.1) is 0 Å². The van der Waals surface area contributed by atoms with Crippen LogP contribution < -0.4 is 33.8 Å². The highest BCUT2D eigenvalue weighted by atomic mass is 32.1. The van der Waals surface area contributed by atoms with Gasteiger partial charge in [-0.05, 0) is 55.8 Å². The number of rotatable bonds is 6. The van der Waals surface area contributed by atoms with Crippen LogP contribution in [0.4, 0.5) is 0 Å². The van der Waals surface area contributed by atoms with Gasteiger partial charge in [-0.3, -0.25) is 9.36 Å². The fourth-order valence-corrected chi connectivity index (χ4v) is 5.34. The number of methoxy groups -OCH3 is 2. The fourth-order valence-electron chi connectivity index (χ4n) is 4.29. The molecular formula is C26H24N2O7S. The lowest BCUT2D eigenvalue weighted by atomic mass is 9.94. The monoisotopic (exact) mass is 508 g/mol. The molecular weight excluding hydrogens is 484 g/mol. The van der Waals surface area contributed by atoms with E-state index in [1.807, 2.05) is 12.1 Å². The number of benzene rings is 2. The standard InChI is InChI=1S/C26H24N2O7S/c1-5-33-25(30)22-14(2)27-26-28(23(22)17-12-16(31-3)7-9-18(17)32-4)24(29)21(36-26)11-15-6-8-19-20(10-15)35-13-34-19/h6-12,23H,5,13H2,1-4H3/b21-11+/t23-/m1/s1. The van der Waals surface area contributed by atoms with Crippen LogP contribution >= 0.6 is 11.3 Å². The average molecular weight is 509 g/mol. The molecule has 0 spiro atoms. The van der Waals surface area contributed by atoms with Crippen molar-refractivity contribution in [1.82, 2.24) is 4.57 Å². The Balaban J connectivity index is 1.74. The molecule has 186 valence electrons.